The molecule has 1 aliphatic heterocycles. The molecule has 0 aromatic carbocycles. The van der Waals surface area contributed by atoms with E-state index in [4.69, 9.17) is 4.74 Å². The minimum atomic E-state index is 0.632. The molecule has 3 rings (SSSR count). The fourth-order valence-corrected chi connectivity index (χ4v) is 3.08. The molecule has 1 aromatic heterocycles. The Kier molecular flexibility index (Phi) is 4.28. The summed E-state index contributed by atoms with van der Waals surface area (Å²) in [7, 11) is 0. The highest BCUT2D eigenvalue weighted by Gasteiger charge is 2.18. The Balaban J connectivity index is 1.58. The van der Waals surface area contributed by atoms with Crippen LogP contribution in [0.15, 0.2) is 12.4 Å². The van der Waals surface area contributed by atoms with E-state index in [0.29, 0.717) is 11.8 Å². The quantitative estimate of drug-likeness (QED) is 0.905. The van der Waals surface area contributed by atoms with Crippen LogP contribution in [0.1, 0.15) is 50.1 Å². The van der Waals surface area contributed by atoms with E-state index in [2.05, 4.69) is 21.4 Å². The van der Waals surface area contributed by atoms with Crippen LogP contribution in [0.25, 0.3) is 0 Å². The number of nitrogens with one attached hydrogen (secondary N) is 1. The van der Waals surface area contributed by atoms with Gasteiger partial charge in [-0.2, -0.15) is 0 Å². The SMILES string of the molecule is c1nc(NCC2CCOC2)cc(C2CCCCC2)n1. The summed E-state index contributed by atoms with van der Waals surface area (Å²) < 4.78 is 5.39. The zero-order valence-corrected chi connectivity index (χ0v) is 11.5. The second-order valence-corrected chi connectivity index (χ2v) is 5.77. The van der Waals surface area contributed by atoms with Gasteiger partial charge in [0, 0.05) is 36.7 Å². The van der Waals surface area contributed by atoms with Crippen molar-refractivity contribution >= 4 is 5.82 Å². The molecule has 0 bridgehead atoms. The van der Waals surface area contributed by atoms with Gasteiger partial charge in [0.2, 0.25) is 0 Å². The molecule has 2 fully saturated rings. The number of aromatic nitrogens is 2. The Bertz CT molecular complexity index is 398. The molecular formula is C15H23N3O. The number of hydrogen-bond donors (Lipinski definition) is 1. The summed E-state index contributed by atoms with van der Waals surface area (Å²) in [4.78, 5) is 8.80. The van der Waals surface area contributed by atoms with Crippen LogP contribution in [-0.4, -0.2) is 29.7 Å². The molecule has 1 aliphatic carbocycles. The first kappa shape index (κ1) is 12.9. The Morgan fingerprint density at radius 3 is 2.84 bits per heavy atom. The maximum atomic E-state index is 5.39. The molecule has 1 saturated carbocycles. The van der Waals surface area contributed by atoms with Crippen LogP contribution in [0, 0.1) is 5.92 Å². The summed E-state index contributed by atoms with van der Waals surface area (Å²) in [5, 5.41) is 3.43. The first-order chi connectivity index (χ1) is 9.42. The van der Waals surface area contributed by atoms with Crippen LogP contribution in [0.3, 0.4) is 0 Å². The maximum absolute atomic E-state index is 5.39. The Morgan fingerprint density at radius 1 is 1.16 bits per heavy atom. The van der Waals surface area contributed by atoms with Gasteiger partial charge in [-0.1, -0.05) is 19.3 Å². The van der Waals surface area contributed by atoms with E-state index in [-0.39, 0.29) is 0 Å². The molecule has 2 aliphatic rings. The van der Waals surface area contributed by atoms with E-state index >= 15 is 0 Å². The summed E-state index contributed by atoms with van der Waals surface area (Å²) >= 11 is 0. The summed E-state index contributed by atoms with van der Waals surface area (Å²) in [6.07, 6.45) is 9.51. The van der Waals surface area contributed by atoms with Gasteiger partial charge >= 0.3 is 0 Å². The molecule has 4 heteroatoms. The second kappa shape index (κ2) is 6.33. The van der Waals surface area contributed by atoms with E-state index in [1.165, 1.54) is 37.8 Å². The van der Waals surface area contributed by atoms with Gasteiger partial charge in [-0.3, -0.25) is 0 Å². The topological polar surface area (TPSA) is 47.0 Å². The van der Waals surface area contributed by atoms with E-state index in [9.17, 15) is 0 Å². The van der Waals surface area contributed by atoms with E-state index in [1.807, 2.05) is 0 Å². The predicted octanol–water partition coefficient (Wildman–Crippen LogP) is 2.97. The number of anilines is 1. The largest absolute Gasteiger partial charge is 0.381 e. The molecule has 104 valence electrons. The van der Waals surface area contributed by atoms with Crippen molar-refractivity contribution in [3.8, 4) is 0 Å². The summed E-state index contributed by atoms with van der Waals surface area (Å²) in [6.45, 7) is 2.75. The Labute approximate surface area is 115 Å². The minimum absolute atomic E-state index is 0.632. The molecule has 4 nitrogen and oxygen atoms in total. The van der Waals surface area contributed by atoms with Crippen molar-refractivity contribution < 1.29 is 4.74 Å². The van der Waals surface area contributed by atoms with E-state index in [1.54, 1.807) is 6.33 Å². The highest BCUT2D eigenvalue weighted by atomic mass is 16.5. The number of ether oxygens (including phenoxy) is 1. The lowest BCUT2D eigenvalue weighted by molar-refractivity contribution is 0.187. The maximum Gasteiger partial charge on any atom is 0.129 e. The summed E-state index contributed by atoms with van der Waals surface area (Å²) in [6, 6.07) is 2.14. The average Bonchev–Trinajstić information content (AvgIpc) is 3.00. The summed E-state index contributed by atoms with van der Waals surface area (Å²) in [5.41, 5.74) is 1.22. The van der Waals surface area contributed by atoms with Crippen molar-refractivity contribution in [3.63, 3.8) is 0 Å². The Hall–Kier alpha value is -1.16. The van der Waals surface area contributed by atoms with Gasteiger partial charge in [0.1, 0.15) is 12.1 Å². The van der Waals surface area contributed by atoms with Gasteiger partial charge in [0.25, 0.3) is 0 Å². The molecular weight excluding hydrogens is 238 g/mol. The first-order valence-corrected chi connectivity index (χ1v) is 7.55. The third kappa shape index (κ3) is 3.44. The predicted molar refractivity (Wildman–Crippen MR) is 75.3 cm³/mol. The molecule has 1 unspecified atom stereocenters. The standard InChI is InChI=1S/C15H23N3O/c1-2-4-13(5-3-1)14-8-15(18-11-17-14)16-9-12-6-7-19-10-12/h8,11-13H,1-7,9-10H2,(H,16,17,18). The fourth-order valence-electron chi connectivity index (χ4n) is 3.08. The van der Waals surface area contributed by atoms with Crippen LogP contribution in [0.2, 0.25) is 0 Å². The number of hydrogen-bond acceptors (Lipinski definition) is 4. The van der Waals surface area contributed by atoms with Gasteiger partial charge < -0.3 is 10.1 Å². The van der Waals surface area contributed by atoms with Gasteiger partial charge in [-0.25, -0.2) is 9.97 Å². The highest BCUT2D eigenvalue weighted by Crippen LogP contribution is 2.31. The van der Waals surface area contributed by atoms with Crippen LogP contribution in [0.5, 0.6) is 0 Å². The number of rotatable bonds is 4. The summed E-state index contributed by atoms with van der Waals surface area (Å²) in [5.74, 6) is 2.25. The van der Waals surface area contributed by atoms with Gasteiger partial charge in [-0.15, -0.1) is 0 Å². The van der Waals surface area contributed by atoms with Crippen molar-refractivity contribution in [1.29, 1.82) is 0 Å². The zero-order valence-electron chi connectivity index (χ0n) is 11.5. The first-order valence-electron chi connectivity index (χ1n) is 7.55. The van der Waals surface area contributed by atoms with Gasteiger partial charge in [0.15, 0.2) is 0 Å². The smallest absolute Gasteiger partial charge is 0.129 e. The van der Waals surface area contributed by atoms with E-state index in [0.717, 1.165) is 32.0 Å². The van der Waals surface area contributed by atoms with Crippen LogP contribution >= 0.6 is 0 Å². The zero-order chi connectivity index (χ0) is 12.9. The minimum Gasteiger partial charge on any atom is -0.381 e. The molecule has 1 saturated heterocycles. The highest BCUT2D eigenvalue weighted by molar-refractivity contribution is 5.36. The van der Waals surface area contributed by atoms with Crippen molar-refractivity contribution in [2.45, 2.75) is 44.4 Å². The normalized spacial score (nSPS) is 24.5. The van der Waals surface area contributed by atoms with Gasteiger partial charge in [-0.05, 0) is 19.3 Å². The average molecular weight is 261 g/mol. The van der Waals surface area contributed by atoms with Crippen LogP contribution < -0.4 is 5.32 Å². The molecule has 1 N–H and O–H groups in total. The lowest BCUT2D eigenvalue weighted by atomic mass is 9.87. The lowest BCUT2D eigenvalue weighted by Crippen LogP contribution is -2.15. The fraction of sp³-hybridized carbons (Fsp3) is 0.733. The van der Waals surface area contributed by atoms with Crippen molar-refractivity contribution in [2.75, 3.05) is 25.1 Å². The number of nitrogens with zero attached hydrogens (tertiary/aromatic N) is 2. The Morgan fingerprint density at radius 2 is 2.05 bits per heavy atom. The van der Waals surface area contributed by atoms with Crippen molar-refractivity contribution in [3.05, 3.63) is 18.1 Å². The van der Waals surface area contributed by atoms with Crippen LogP contribution in [0.4, 0.5) is 5.82 Å². The van der Waals surface area contributed by atoms with Crippen molar-refractivity contribution in [1.82, 2.24) is 9.97 Å². The molecule has 1 atom stereocenters. The molecule has 0 amide bonds. The molecule has 19 heavy (non-hydrogen) atoms. The third-order valence-electron chi connectivity index (χ3n) is 4.31. The molecule has 0 radical (unpaired) electrons. The molecule has 1 aromatic rings. The molecule has 2 heterocycles. The lowest BCUT2D eigenvalue weighted by Gasteiger charge is -2.21. The third-order valence-corrected chi connectivity index (χ3v) is 4.31. The van der Waals surface area contributed by atoms with Crippen molar-refractivity contribution in [2.24, 2.45) is 5.92 Å². The second-order valence-electron chi connectivity index (χ2n) is 5.77. The molecule has 0 spiro atoms. The van der Waals surface area contributed by atoms with E-state index < -0.39 is 0 Å². The van der Waals surface area contributed by atoms with Gasteiger partial charge in [0.05, 0.1) is 6.61 Å². The monoisotopic (exact) mass is 261 g/mol. The van der Waals surface area contributed by atoms with Crippen LogP contribution in [-0.2, 0) is 4.74 Å².